The van der Waals surface area contributed by atoms with Crippen LogP contribution < -0.4 is 0 Å². The van der Waals surface area contributed by atoms with Crippen molar-refractivity contribution < 1.29 is 4.39 Å². The molecule has 2 aromatic heterocycles. The summed E-state index contributed by atoms with van der Waals surface area (Å²) in [4.78, 5) is 11.7. The van der Waals surface area contributed by atoms with Crippen LogP contribution in [0.25, 0.3) is 22.6 Å². The summed E-state index contributed by atoms with van der Waals surface area (Å²) in [6, 6.07) is 14.0. The van der Waals surface area contributed by atoms with Crippen LogP contribution in [0.1, 0.15) is 16.8 Å². The van der Waals surface area contributed by atoms with Gasteiger partial charge in [-0.25, -0.2) is 14.4 Å². The van der Waals surface area contributed by atoms with Gasteiger partial charge >= 0.3 is 0 Å². The number of hydrogen-bond acceptors (Lipinski definition) is 4. The third-order valence-corrected chi connectivity index (χ3v) is 5.61. The van der Waals surface area contributed by atoms with E-state index in [1.54, 1.807) is 12.1 Å². The lowest BCUT2D eigenvalue weighted by atomic mass is 10.0. The van der Waals surface area contributed by atoms with E-state index in [0.29, 0.717) is 5.02 Å². The number of halogens is 2. The maximum Gasteiger partial charge on any atom is 0.159 e. The summed E-state index contributed by atoms with van der Waals surface area (Å²) in [6.45, 7) is 2.43. The molecule has 0 unspecified atom stereocenters. The second kappa shape index (κ2) is 7.97. The van der Waals surface area contributed by atoms with Crippen LogP contribution in [0.5, 0.6) is 0 Å². The molecule has 150 valence electrons. The Labute approximate surface area is 178 Å². The quantitative estimate of drug-likeness (QED) is 0.512. The minimum absolute atomic E-state index is 0.245. The molecule has 5 rings (SSSR count). The number of nitrogens with one attached hydrogen (secondary N) is 1. The van der Waals surface area contributed by atoms with E-state index in [1.807, 2.05) is 36.7 Å². The zero-order valence-corrected chi connectivity index (χ0v) is 16.9. The van der Waals surface area contributed by atoms with Gasteiger partial charge in [-0.3, -0.25) is 10.00 Å². The van der Waals surface area contributed by atoms with E-state index in [4.69, 9.17) is 16.6 Å². The summed E-state index contributed by atoms with van der Waals surface area (Å²) >= 11 is 5.98. The topological polar surface area (TPSA) is 57.7 Å². The van der Waals surface area contributed by atoms with E-state index >= 15 is 0 Å². The van der Waals surface area contributed by atoms with Crippen molar-refractivity contribution in [1.29, 1.82) is 0 Å². The molecule has 1 aliphatic rings. The lowest BCUT2D eigenvalue weighted by molar-refractivity contribution is 0.243. The van der Waals surface area contributed by atoms with Crippen molar-refractivity contribution in [3.05, 3.63) is 88.6 Å². The largest absolute Gasteiger partial charge is 0.294 e. The van der Waals surface area contributed by atoms with Gasteiger partial charge in [-0.2, -0.15) is 5.10 Å². The van der Waals surface area contributed by atoms with Crippen LogP contribution in [0, 0.1) is 5.82 Å². The molecule has 0 saturated heterocycles. The SMILES string of the molecule is Fc1ccc(-c2[nH]ncc2CN2CCc3nc(-c4ccc(Cl)cc4)ncc3C2)cc1. The number of benzene rings is 2. The van der Waals surface area contributed by atoms with Crippen LogP contribution in [0.3, 0.4) is 0 Å². The summed E-state index contributed by atoms with van der Waals surface area (Å²) in [5.41, 5.74) is 6.14. The van der Waals surface area contributed by atoms with Gasteiger partial charge in [-0.05, 0) is 48.5 Å². The van der Waals surface area contributed by atoms with Crippen molar-refractivity contribution in [1.82, 2.24) is 25.1 Å². The summed E-state index contributed by atoms with van der Waals surface area (Å²) < 4.78 is 13.2. The molecule has 4 aromatic rings. The molecule has 0 atom stereocenters. The van der Waals surface area contributed by atoms with Crippen molar-refractivity contribution in [2.75, 3.05) is 6.54 Å². The van der Waals surface area contributed by atoms with Crippen molar-refractivity contribution in [2.24, 2.45) is 0 Å². The van der Waals surface area contributed by atoms with Gasteiger partial charge in [0.15, 0.2) is 5.82 Å². The van der Waals surface area contributed by atoms with Crippen molar-refractivity contribution in [3.8, 4) is 22.6 Å². The average Bonchev–Trinajstić information content (AvgIpc) is 3.22. The van der Waals surface area contributed by atoms with Crippen molar-refractivity contribution in [2.45, 2.75) is 19.5 Å². The molecular formula is C23H19ClFN5. The molecule has 0 radical (unpaired) electrons. The second-order valence-corrected chi connectivity index (χ2v) is 7.85. The highest BCUT2D eigenvalue weighted by atomic mass is 35.5. The molecule has 5 nitrogen and oxygen atoms in total. The summed E-state index contributed by atoms with van der Waals surface area (Å²) in [7, 11) is 0. The van der Waals surface area contributed by atoms with Gasteiger partial charge < -0.3 is 0 Å². The van der Waals surface area contributed by atoms with Crippen molar-refractivity contribution in [3.63, 3.8) is 0 Å². The maximum atomic E-state index is 13.2. The molecule has 1 aliphatic heterocycles. The molecule has 0 saturated carbocycles. The summed E-state index contributed by atoms with van der Waals surface area (Å²) in [5, 5.41) is 7.95. The smallest absolute Gasteiger partial charge is 0.159 e. The Balaban J connectivity index is 1.33. The van der Waals surface area contributed by atoms with E-state index in [-0.39, 0.29) is 5.82 Å². The first-order valence-corrected chi connectivity index (χ1v) is 10.1. The van der Waals surface area contributed by atoms with Crippen molar-refractivity contribution >= 4 is 11.6 Å². The zero-order chi connectivity index (χ0) is 20.5. The Morgan fingerprint density at radius 3 is 2.57 bits per heavy atom. The lowest BCUT2D eigenvalue weighted by Crippen LogP contribution is -2.31. The minimum atomic E-state index is -0.245. The molecule has 0 aliphatic carbocycles. The Morgan fingerprint density at radius 1 is 1.00 bits per heavy atom. The highest BCUT2D eigenvalue weighted by molar-refractivity contribution is 6.30. The Morgan fingerprint density at radius 2 is 1.77 bits per heavy atom. The molecular weight excluding hydrogens is 401 g/mol. The molecule has 0 bridgehead atoms. The predicted octanol–water partition coefficient (Wildman–Crippen LogP) is 4.88. The predicted molar refractivity (Wildman–Crippen MR) is 114 cm³/mol. The Kier molecular flexibility index (Phi) is 5.02. The van der Waals surface area contributed by atoms with E-state index in [9.17, 15) is 4.39 Å². The summed E-state index contributed by atoms with van der Waals surface area (Å²) in [5.74, 6) is 0.484. The second-order valence-electron chi connectivity index (χ2n) is 7.41. The van der Waals surface area contributed by atoms with Crippen LogP contribution in [0.4, 0.5) is 4.39 Å². The summed E-state index contributed by atoms with van der Waals surface area (Å²) in [6.07, 6.45) is 4.63. The fourth-order valence-corrected chi connectivity index (χ4v) is 3.91. The van der Waals surface area contributed by atoms with E-state index in [0.717, 1.165) is 65.5 Å². The molecule has 1 N–H and O–H groups in total. The van der Waals surface area contributed by atoms with Crippen LogP contribution >= 0.6 is 11.6 Å². The number of fused-ring (bicyclic) bond motifs is 1. The van der Waals surface area contributed by atoms with E-state index in [2.05, 4.69) is 20.1 Å². The van der Waals surface area contributed by atoms with Gasteiger partial charge in [-0.15, -0.1) is 0 Å². The molecule has 7 heteroatoms. The number of aromatic nitrogens is 4. The van der Waals surface area contributed by atoms with Crippen LogP contribution in [0.15, 0.2) is 60.9 Å². The molecule has 3 heterocycles. The van der Waals surface area contributed by atoms with Crippen LogP contribution in [0.2, 0.25) is 5.02 Å². The Hall–Kier alpha value is -3.09. The zero-order valence-electron chi connectivity index (χ0n) is 16.1. The average molecular weight is 420 g/mol. The molecule has 0 fully saturated rings. The normalized spacial score (nSPS) is 13.9. The first-order chi connectivity index (χ1) is 14.7. The van der Waals surface area contributed by atoms with Gasteiger partial charge in [0.05, 0.1) is 17.6 Å². The number of rotatable bonds is 4. The van der Waals surface area contributed by atoms with E-state index < -0.39 is 0 Å². The minimum Gasteiger partial charge on any atom is -0.294 e. The van der Waals surface area contributed by atoms with Crippen LogP contribution in [-0.2, 0) is 19.5 Å². The van der Waals surface area contributed by atoms with Gasteiger partial charge in [0.25, 0.3) is 0 Å². The lowest BCUT2D eigenvalue weighted by Gasteiger charge is -2.28. The number of H-pyrrole nitrogens is 1. The fourth-order valence-electron chi connectivity index (χ4n) is 3.79. The van der Waals surface area contributed by atoms with Gasteiger partial charge in [0.1, 0.15) is 5.82 Å². The van der Waals surface area contributed by atoms with Gasteiger partial charge in [-0.1, -0.05) is 11.6 Å². The van der Waals surface area contributed by atoms with E-state index in [1.165, 1.54) is 12.1 Å². The number of aromatic amines is 1. The third kappa shape index (κ3) is 3.84. The Bertz CT molecular complexity index is 1170. The monoisotopic (exact) mass is 419 g/mol. The fraction of sp³-hybridized carbons (Fsp3) is 0.174. The first-order valence-electron chi connectivity index (χ1n) is 9.77. The molecule has 2 aromatic carbocycles. The molecule has 30 heavy (non-hydrogen) atoms. The van der Waals surface area contributed by atoms with Crippen LogP contribution in [-0.4, -0.2) is 31.6 Å². The third-order valence-electron chi connectivity index (χ3n) is 5.36. The standard InChI is InChI=1S/C23H19ClFN5/c24-19-5-1-16(2-6-19)23-26-11-17-13-30(10-9-21(17)28-23)14-18-12-27-29-22(18)15-3-7-20(25)8-4-15/h1-8,11-12H,9-10,13-14H2,(H,27,29). The highest BCUT2D eigenvalue weighted by Gasteiger charge is 2.20. The number of nitrogens with zero attached hydrogens (tertiary/aromatic N) is 4. The molecule has 0 spiro atoms. The van der Waals surface area contributed by atoms with Gasteiger partial charge in [0, 0.05) is 59.5 Å². The molecule has 0 amide bonds. The maximum absolute atomic E-state index is 13.2. The van der Waals surface area contributed by atoms with Gasteiger partial charge in [0.2, 0.25) is 0 Å². The first kappa shape index (κ1) is 18.9. The highest BCUT2D eigenvalue weighted by Crippen LogP contribution is 2.26. The number of hydrogen-bond donors (Lipinski definition) is 1.